The van der Waals surface area contributed by atoms with Crippen molar-refractivity contribution in [3.8, 4) is 0 Å². The quantitative estimate of drug-likeness (QED) is 0.624. The molecule has 0 atom stereocenters. The molecule has 0 radical (unpaired) electrons. The van der Waals surface area contributed by atoms with Gasteiger partial charge in [-0.15, -0.1) is 0 Å². The first kappa shape index (κ1) is 15.2. The molecule has 0 spiro atoms. The zero-order chi connectivity index (χ0) is 15.6. The number of carbonyl (C=O) groups excluding carboxylic acids is 1. The summed E-state index contributed by atoms with van der Waals surface area (Å²) in [6, 6.07) is 1.60. The van der Waals surface area contributed by atoms with E-state index in [0.717, 1.165) is 31.9 Å². The molecule has 4 N–H and O–H groups in total. The molecule has 0 aromatic carbocycles. The van der Waals surface area contributed by atoms with E-state index in [-0.39, 0.29) is 23.3 Å². The van der Waals surface area contributed by atoms with E-state index in [0.29, 0.717) is 5.82 Å². The summed E-state index contributed by atoms with van der Waals surface area (Å²) in [5.74, 6) is -0.339. The predicted molar refractivity (Wildman–Crippen MR) is 78.0 cm³/mol. The highest BCUT2D eigenvalue weighted by atomic mass is 16.6. The van der Waals surface area contributed by atoms with Crippen molar-refractivity contribution in [1.29, 1.82) is 0 Å². The van der Waals surface area contributed by atoms with E-state index >= 15 is 0 Å². The van der Waals surface area contributed by atoms with Gasteiger partial charge in [-0.1, -0.05) is 0 Å². The fraction of sp³-hybridized carbons (Fsp3) is 0.538. The van der Waals surface area contributed by atoms with Crippen LogP contribution in [-0.4, -0.2) is 34.9 Å². The van der Waals surface area contributed by atoms with Crippen LogP contribution in [0.15, 0.2) is 12.3 Å². The molecule has 1 aromatic rings. The third-order valence-electron chi connectivity index (χ3n) is 3.95. The van der Waals surface area contributed by atoms with Gasteiger partial charge in [-0.05, 0) is 25.7 Å². The molecule has 0 bridgehead atoms. The molecular formula is C13H19N5O3. The lowest BCUT2D eigenvalue weighted by molar-refractivity contribution is -0.385. The third kappa shape index (κ3) is 3.27. The molecular weight excluding hydrogens is 274 g/mol. The molecule has 114 valence electrons. The summed E-state index contributed by atoms with van der Waals surface area (Å²) in [4.78, 5) is 27.7. The Morgan fingerprint density at radius 2 is 2.05 bits per heavy atom. The molecule has 21 heavy (non-hydrogen) atoms. The van der Waals surface area contributed by atoms with E-state index < -0.39 is 10.8 Å². The number of nitrogens with zero attached hydrogens (tertiary/aromatic N) is 3. The minimum atomic E-state index is -0.722. The molecule has 1 heterocycles. The Balaban J connectivity index is 2.29. The Bertz CT molecular complexity index is 555. The Morgan fingerprint density at radius 3 is 2.57 bits per heavy atom. The van der Waals surface area contributed by atoms with Crippen molar-refractivity contribution in [1.82, 2.24) is 4.98 Å². The summed E-state index contributed by atoms with van der Waals surface area (Å²) < 4.78 is 0. The topological polar surface area (TPSA) is 128 Å². The number of hydrogen-bond donors (Lipinski definition) is 2. The largest absolute Gasteiger partial charge is 0.365 e. The minimum Gasteiger partial charge on any atom is -0.365 e. The molecule has 2 rings (SSSR count). The fourth-order valence-electron chi connectivity index (χ4n) is 2.67. The average molecular weight is 293 g/mol. The maximum absolute atomic E-state index is 11.5. The lowest BCUT2D eigenvalue weighted by Gasteiger charge is -2.34. The SMILES string of the molecule is CN(c1ncc([N+](=O)[O-])cc1C(N)=O)C1CCC(N)CC1. The van der Waals surface area contributed by atoms with Gasteiger partial charge in [0.1, 0.15) is 12.0 Å². The van der Waals surface area contributed by atoms with Gasteiger partial charge in [-0.3, -0.25) is 14.9 Å². The Kier molecular flexibility index (Phi) is 4.37. The van der Waals surface area contributed by atoms with Crippen LogP contribution >= 0.6 is 0 Å². The van der Waals surface area contributed by atoms with Gasteiger partial charge in [0.2, 0.25) is 0 Å². The van der Waals surface area contributed by atoms with Crippen molar-refractivity contribution >= 4 is 17.4 Å². The first-order valence-corrected chi connectivity index (χ1v) is 6.82. The van der Waals surface area contributed by atoms with Gasteiger partial charge < -0.3 is 16.4 Å². The van der Waals surface area contributed by atoms with E-state index in [1.54, 1.807) is 0 Å². The van der Waals surface area contributed by atoms with Crippen LogP contribution in [0.5, 0.6) is 0 Å². The van der Waals surface area contributed by atoms with Crippen molar-refractivity contribution in [2.24, 2.45) is 11.5 Å². The number of nitro groups is 1. The van der Waals surface area contributed by atoms with Crippen LogP contribution in [0.2, 0.25) is 0 Å². The highest BCUT2D eigenvalue weighted by Crippen LogP contribution is 2.28. The Morgan fingerprint density at radius 1 is 1.43 bits per heavy atom. The van der Waals surface area contributed by atoms with Gasteiger partial charge in [0.15, 0.2) is 0 Å². The molecule has 0 saturated heterocycles. The monoisotopic (exact) mass is 293 g/mol. The third-order valence-corrected chi connectivity index (χ3v) is 3.95. The van der Waals surface area contributed by atoms with E-state index in [9.17, 15) is 14.9 Å². The number of primary amides is 1. The lowest BCUT2D eigenvalue weighted by atomic mass is 9.91. The van der Waals surface area contributed by atoms with E-state index in [4.69, 9.17) is 11.5 Å². The van der Waals surface area contributed by atoms with Crippen LogP contribution in [0.4, 0.5) is 11.5 Å². The summed E-state index contributed by atoms with van der Waals surface area (Å²) in [7, 11) is 1.82. The standard InChI is InChI=1S/C13H19N5O3/c1-17(9-4-2-8(14)3-5-9)13-11(12(15)19)6-10(7-16-13)18(20)21/h6-9H,2-5,14H2,1H3,(H2,15,19). The van der Waals surface area contributed by atoms with Crippen LogP contribution in [0.25, 0.3) is 0 Å². The maximum atomic E-state index is 11.5. The van der Waals surface area contributed by atoms with Crippen LogP contribution < -0.4 is 16.4 Å². The molecule has 1 amide bonds. The number of aromatic nitrogens is 1. The summed E-state index contributed by atoms with van der Waals surface area (Å²) in [6.45, 7) is 0. The molecule has 1 aromatic heterocycles. The molecule has 1 aliphatic rings. The normalized spacial score (nSPS) is 21.8. The summed E-state index contributed by atoms with van der Waals surface area (Å²) in [5.41, 5.74) is 11.0. The van der Waals surface area contributed by atoms with Crippen LogP contribution in [0.3, 0.4) is 0 Å². The molecule has 1 aliphatic carbocycles. The Hall–Kier alpha value is -2.22. The maximum Gasteiger partial charge on any atom is 0.288 e. The van der Waals surface area contributed by atoms with Gasteiger partial charge in [0.05, 0.1) is 10.5 Å². The predicted octanol–water partition coefficient (Wildman–Crippen LogP) is 0.795. The number of rotatable bonds is 4. The van der Waals surface area contributed by atoms with E-state index in [2.05, 4.69) is 4.98 Å². The van der Waals surface area contributed by atoms with Gasteiger partial charge >= 0.3 is 0 Å². The summed E-state index contributed by atoms with van der Waals surface area (Å²) >= 11 is 0. The number of anilines is 1. The van der Waals surface area contributed by atoms with Crippen molar-refractivity contribution in [2.75, 3.05) is 11.9 Å². The van der Waals surface area contributed by atoms with Crippen molar-refractivity contribution < 1.29 is 9.72 Å². The number of hydrogen-bond acceptors (Lipinski definition) is 6. The Labute approximate surface area is 122 Å². The zero-order valence-corrected chi connectivity index (χ0v) is 11.9. The summed E-state index contributed by atoms with van der Waals surface area (Å²) in [5, 5.41) is 10.8. The van der Waals surface area contributed by atoms with Gasteiger partial charge in [0.25, 0.3) is 11.6 Å². The first-order valence-electron chi connectivity index (χ1n) is 6.82. The van der Waals surface area contributed by atoms with Gasteiger partial charge in [0, 0.05) is 25.2 Å². The highest BCUT2D eigenvalue weighted by molar-refractivity contribution is 5.98. The number of carbonyl (C=O) groups is 1. The molecule has 8 heteroatoms. The zero-order valence-electron chi connectivity index (χ0n) is 11.9. The molecule has 8 nitrogen and oxygen atoms in total. The number of nitrogens with two attached hydrogens (primary N) is 2. The molecule has 0 unspecified atom stereocenters. The van der Waals surface area contributed by atoms with Crippen LogP contribution in [-0.2, 0) is 0 Å². The van der Waals surface area contributed by atoms with Gasteiger partial charge in [-0.25, -0.2) is 4.98 Å². The second-order valence-corrected chi connectivity index (χ2v) is 5.37. The van der Waals surface area contributed by atoms with Crippen molar-refractivity contribution in [2.45, 2.75) is 37.8 Å². The average Bonchev–Trinajstić information content (AvgIpc) is 2.46. The van der Waals surface area contributed by atoms with Crippen molar-refractivity contribution in [3.05, 3.63) is 27.9 Å². The van der Waals surface area contributed by atoms with Crippen LogP contribution in [0.1, 0.15) is 36.0 Å². The van der Waals surface area contributed by atoms with Gasteiger partial charge in [-0.2, -0.15) is 0 Å². The van der Waals surface area contributed by atoms with Crippen LogP contribution in [0, 0.1) is 10.1 Å². The van der Waals surface area contributed by atoms with Crippen molar-refractivity contribution in [3.63, 3.8) is 0 Å². The molecule has 0 aliphatic heterocycles. The second kappa shape index (κ2) is 6.04. The van der Waals surface area contributed by atoms with E-state index in [1.807, 2.05) is 11.9 Å². The number of pyridine rings is 1. The second-order valence-electron chi connectivity index (χ2n) is 5.37. The summed E-state index contributed by atoms with van der Waals surface area (Å²) in [6.07, 6.45) is 4.76. The van der Waals surface area contributed by atoms with E-state index in [1.165, 1.54) is 6.07 Å². The lowest BCUT2D eigenvalue weighted by Crippen LogP contribution is -2.40. The fourth-order valence-corrected chi connectivity index (χ4v) is 2.67. The highest BCUT2D eigenvalue weighted by Gasteiger charge is 2.26. The first-order chi connectivity index (χ1) is 9.90. The smallest absolute Gasteiger partial charge is 0.288 e. The number of amides is 1. The molecule has 1 fully saturated rings. The minimum absolute atomic E-state index is 0.0709. The molecule has 1 saturated carbocycles.